The molecule has 0 saturated carbocycles. The standard InChI is InChI=1S/C76H43N5O3/c1-7-25-61-56(22-1)70-64(38-35-53-50-19-4-10-28-67(50)82-73(53)70)79(61)47-33-31-44(32-34-47)76-77-59(45-15-13-17-48(41-45)80-62-26-8-2-23-57(62)71-65(80)39-36-54-51-20-5-11-29-68(51)83-74(54)71)43-60(78-76)46-16-14-18-49(42-46)81-63-27-9-3-24-58(63)72-66(81)40-37-55-52-21-6-12-30-69(52)84-75(55)72/h1-43H. The van der Waals surface area contributed by atoms with Gasteiger partial charge in [0.1, 0.15) is 33.5 Å². The number of furan rings is 3. The van der Waals surface area contributed by atoms with Crippen molar-refractivity contribution in [3.63, 3.8) is 0 Å². The summed E-state index contributed by atoms with van der Waals surface area (Å²) in [5, 5.41) is 13.3. The molecule has 7 heterocycles. The van der Waals surface area contributed by atoms with Gasteiger partial charge in [-0.2, -0.15) is 0 Å². The van der Waals surface area contributed by atoms with E-state index in [2.05, 4.69) is 238 Å². The Kier molecular flexibility index (Phi) is 9.18. The van der Waals surface area contributed by atoms with Crippen LogP contribution in [-0.2, 0) is 0 Å². The Morgan fingerprint density at radius 2 is 0.595 bits per heavy atom. The van der Waals surface area contributed by atoms with Crippen molar-refractivity contribution >= 4 is 131 Å². The minimum absolute atomic E-state index is 0.615. The van der Waals surface area contributed by atoms with Crippen molar-refractivity contribution in [2.45, 2.75) is 0 Å². The largest absolute Gasteiger partial charge is 0.455 e. The smallest absolute Gasteiger partial charge is 0.160 e. The van der Waals surface area contributed by atoms with Gasteiger partial charge in [0.25, 0.3) is 0 Å². The van der Waals surface area contributed by atoms with Crippen LogP contribution >= 0.6 is 0 Å². The van der Waals surface area contributed by atoms with E-state index in [1.807, 2.05) is 36.4 Å². The molecule has 0 unspecified atom stereocenters. The van der Waals surface area contributed by atoms with Gasteiger partial charge in [-0.1, -0.05) is 133 Å². The number of benzene rings is 12. The van der Waals surface area contributed by atoms with E-state index in [0.717, 1.165) is 176 Å². The average molecular weight is 1070 g/mol. The summed E-state index contributed by atoms with van der Waals surface area (Å²) in [6.07, 6.45) is 0. The summed E-state index contributed by atoms with van der Waals surface area (Å²) in [6.45, 7) is 0. The maximum atomic E-state index is 6.68. The fourth-order valence-corrected chi connectivity index (χ4v) is 13.8. The molecule has 8 nitrogen and oxygen atoms in total. The highest BCUT2D eigenvalue weighted by Gasteiger charge is 2.23. The summed E-state index contributed by atoms with van der Waals surface area (Å²) >= 11 is 0. The van der Waals surface area contributed by atoms with Gasteiger partial charge in [-0.3, -0.25) is 0 Å². The second kappa shape index (κ2) is 17.0. The highest BCUT2D eigenvalue weighted by molar-refractivity contribution is 6.26. The third-order valence-electron chi connectivity index (χ3n) is 17.5. The van der Waals surface area contributed by atoms with E-state index < -0.39 is 0 Å². The molecule has 0 amide bonds. The van der Waals surface area contributed by atoms with Crippen molar-refractivity contribution in [3.05, 3.63) is 261 Å². The van der Waals surface area contributed by atoms with E-state index in [9.17, 15) is 0 Å². The molecular formula is C76H43N5O3. The molecule has 0 aliphatic carbocycles. The molecule has 0 N–H and O–H groups in total. The maximum Gasteiger partial charge on any atom is 0.160 e. The molecule has 0 bridgehead atoms. The maximum absolute atomic E-state index is 6.68. The predicted octanol–water partition coefficient (Wildman–Crippen LogP) is 20.5. The Morgan fingerprint density at radius 1 is 0.238 bits per heavy atom. The summed E-state index contributed by atoms with van der Waals surface area (Å²) in [4.78, 5) is 11.0. The van der Waals surface area contributed by atoms with Crippen molar-refractivity contribution < 1.29 is 13.3 Å². The van der Waals surface area contributed by atoms with Gasteiger partial charge >= 0.3 is 0 Å². The first-order valence-electron chi connectivity index (χ1n) is 28.4. The van der Waals surface area contributed by atoms with E-state index in [1.165, 1.54) is 0 Å². The van der Waals surface area contributed by atoms with E-state index in [4.69, 9.17) is 23.2 Å². The molecule has 0 radical (unpaired) electrons. The van der Waals surface area contributed by atoms with Crippen molar-refractivity contribution in [2.24, 2.45) is 0 Å². The molecule has 19 rings (SSSR count). The van der Waals surface area contributed by atoms with Gasteiger partial charge in [-0.05, 0) is 127 Å². The van der Waals surface area contributed by atoms with Gasteiger partial charge < -0.3 is 27.0 Å². The highest BCUT2D eigenvalue weighted by Crippen LogP contribution is 2.45. The minimum Gasteiger partial charge on any atom is -0.455 e. The number of rotatable bonds is 6. The van der Waals surface area contributed by atoms with Crippen LogP contribution in [0, 0.1) is 0 Å². The first-order valence-corrected chi connectivity index (χ1v) is 28.4. The van der Waals surface area contributed by atoms with E-state index in [1.54, 1.807) is 0 Å². The van der Waals surface area contributed by atoms with Crippen LogP contribution in [-0.4, -0.2) is 23.7 Å². The first-order chi connectivity index (χ1) is 41.6. The molecule has 19 aromatic rings. The Bertz CT molecular complexity index is 5750. The van der Waals surface area contributed by atoms with Crippen LogP contribution in [0.4, 0.5) is 0 Å². The summed E-state index contributed by atoms with van der Waals surface area (Å²) in [5.41, 5.74) is 19.3. The Morgan fingerprint density at radius 3 is 1.00 bits per heavy atom. The predicted molar refractivity (Wildman–Crippen MR) is 343 cm³/mol. The number of aromatic nitrogens is 5. The lowest BCUT2D eigenvalue weighted by molar-refractivity contribution is 0.672. The van der Waals surface area contributed by atoms with Crippen molar-refractivity contribution in [1.29, 1.82) is 0 Å². The topological polar surface area (TPSA) is 80.0 Å². The van der Waals surface area contributed by atoms with Crippen LogP contribution in [0.3, 0.4) is 0 Å². The molecule has 0 fully saturated rings. The van der Waals surface area contributed by atoms with Crippen LogP contribution in [0.15, 0.2) is 274 Å². The van der Waals surface area contributed by atoms with Crippen LogP contribution in [0.2, 0.25) is 0 Å². The Hall–Kier alpha value is -11.5. The fraction of sp³-hybridized carbons (Fsp3) is 0. The van der Waals surface area contributed by atoms with Gasteiger partial charge in [-0.15, -0.1) is 0 Å². The highest BCUT2D eigenvalue weighted by atomic mass is 16.3. The van der Waals surface area contributed by atoms with Crippen LogP contribution < -0.4 is 0 Å². The Labute approximate surface area is 477 Å². The Balaban J connectivity index is 0.792. The van der Waals surface area contributed by atoms with Crippen LogP contribution in [0.25, 0.3) is 182 Å². The normalized spacial score (nSPS) is 12.3. The lowest BCUT2D eigenvalue weighted by atomic mass is 10.0. The van der Waals surface area contributed by atoms with Gasteiger partial charge in [0.15, 0.2) is 5.82 Å². The quantitative estimate of drug-likeness (QED) is 0.166. The number of hydrogen-bond donors (Lipinski definition) is 0. The lowest BCUT2D eigenvalue weighted by Gasteiger charge is -2.14. The SMILES string of the molecule is c1cc(-c2cc(-c3cccc(-n4c5ccccc5c5c6oc7ccccc7c6ccc54)c3)nc(-c3ccc(-n4c5ccccc5c5c6oc7ccccc7c6ccc54)cc3)n2)cc(-n2c3ccccc3c3c4oc5ccccc5c4ccc32)c1. The molecule has 7 aromatic heterocycles. The minimum atomic E-state index is 0.615. The van der Waals surface area contributed by atoms with Crippen molar-refractivity contribution in [3.8, 4) is 51.0 Å². The molecule has 0 aliphatic heterocycles. The monoisotopic (exact) mass is 1070 g/mol. The number of para-hydroxylation sites is 6. The average Bonchev–Trinajstić information content (AvgIpc) is 2.04. The third kappa shape index (κ3) is 6.36. The molecule has 84 heavy (non-hydrogen) atoms. The molecule has 0 atom stereocenters. The van der Waals surface area contributed by atoms with Gasteiger partial charge in [0, 0.05) is 82.2 Å². The molecule has 0 spiro atoms. The summed E-state index contributed by atoms with van der Waals surface area (Å²) in [5.74, 6) is 0.615. The third-order valence-corrected chi connectivity index (χ3v) is 17.5. The molecule has 12 aromatic carbocycles. The molecule has 8 heteroatoms. The van der Waals surface area contributed by atoms with Gasteiger partial charge in [0.2, 0.25) is 0 Å². The zero-order valence-electron chi connectivity index (χ0n) is 44.8. The van der Waals surface area contributed by atoms with Crippen LogP contribution in [0.1, 0.15) is 0 Å². The molecular weight excluding hydrogens is 1030 g/mol. The number of nitrogens with zero attached hydrogens (tertiary/aromatic N) is 5. The second-order valence-electron chi connectivity index (χ2n) is 22.0. The number of fused-ring (bicyclic) bond motifs is 21. The second-order valence-corrected chi connectivity index (χ2v) is 22.0. The van der Waals surface area contributed by atoms with Gasteiger partial charge in [-0.25, -0.2) is 9.97 Å². The van der Waals surface area contributed by atoms with E-state index >= 15 is 0 Å². The summed E-state index contributed by atoms with van der Waals surface area (Å²) in [6, 6.07) is 92.3. The molecule has 0 saturated heterocycles. The van der Waals surface area contributed by atoms with Crippen molar-refractivity contribution in [2.75, 3.05) is 0 Å². The zero-order valence-corrected chi connectivity index (χ0v) is 44.8. The van der Waals surface area contributed by atoms with Crippen molar-refractivity contribution in [1.82, 2.24) is 23.7 Å². The molecule has 390 valence electrons. The summed E-state index contributed by atoms with van der Waals surface area (Å²) < 4.78 is 27.0. The molecule has 0 aliphatic rings. The fourth-order valence-electron chi connectivity index (χ4n) is 13.8. The van der Waals surface area contributed by atoms with E-state index in [0.29, 0.717) is 5.82 Å². The van der Waals surface area contributed by atoms with E-state index in [-0.39, 0.29) is 0 Å². The zero-order chi connectivity index (χ0) is 54.7. The number of hydrogen-bond acceptors (Lipinski definition) is 5. The lowest BCUT2D eigenvalue weighted by Crippen LogP contribution is -1.99. The summed E-state index contributed by atoms with van der Waals surface area (Å²) in [7, 11) is 0. The van der Waals surface area contributed by atoms with Crippen LogP contribution in [0.5, 0.6) is 0 Å². The van der Waals surface area contributed by atoms with Gasteiger partial charge in [0.05, 0.1) is 60.6 Å². The first kappa shape index (κ1) is 45.3.